The van der Waals surface area contributed by atoms with E-state index in [2.05, 4.69) is 5.32 Å². The third-order valence-corrected chi connectivity index (χ3v) is 2.43. The van der Waals surface area contributed by atoms with Crippen LogP contribution in [0.2, 0.25) is 0 Å². The minimum absolute atomic E-state index is 0.0128. The molecule has 0 unspecified atom stereocenters. The third-order valence-electron chi connectivity index (χ3n) is 2.43. The number of likely N-dealkylation sites (N-methyl/N-ethyl adjacent to an activating group) is 2. The molecule has 0 saturated carbocycles. The van der Waals surface area contributed by atoms with E-state index < -0.39 is 0 Å². The number of carbonyl (C=O) groups excluding carboxylic acids is 1. The summed E-state index contributed by atoms with van der Waals surface area (Å²) < 4.78 is 13.3. The average Bonchev–Trinajstić information content (AvgIpc) is 2.28. The van der Waals surface area contributed by atoms with Gasteiger partial charge in [0.2, 0.25) is 5.91 Å². The third kappa shape index (κ3) is 3.62. The first-order valence-electron chi connectivity index (χ1n) is 5.27. The van der Waals surface area contributed by atoms with Gasteiger partial charge in [-0.1, -0.05) is 18.2 Å². The Morgan fingerprint density at radius 1 is 1.44 bits per heavy atom. The molecule has 0 aliphatic rings. The molecule has 0 atom stereocenters. The summed E-state index contributed by atoms with van der Waals surface area (Å²) in [5.74, 6) is -0.198. The minimum atomic E-state index is -0.211. The van der Waals surface area contributed by atoms with Gasteiger partial charge >= 0.3 is 0 Å². The number of nitrogens with one attached hydrogen (secondary N) is 1. The van der Waals surface area contributed by atoms with E-state index in [-0.39, 0.29) is 11.7 Å². The Kier molecular flexibility index (Phi) is 4.92. The molecule has 1 rings (SSSR count). The minimum Gasteiger partial charge on any atom is -0.344 e. The number of halogens is 1. The number of hydrogen-bond acceptors (Lipinski definition) is 2. The number of rotatable bonds is 5. The quantitative estimate of drug-likeness (QED) is 0.810. The first-order valence-corrected chi connectivity index (χ1v) is 5.27. The lowest BCUT2D eigenvalue weighted by Gasteiger charge is -2.16. The maximum atomic E-state index is 13.3. The number of hydrogen-bond donors (Lipinski definition) is 1. The molecular formula is C12H17FN2O. The van der Waals surface area contributed by atoms with Gasteiger partial charge in [-0.15, -0.1) is 0 Å². The van der Waals surface area contributed by atoms with Gasteiger partial charge in [-0.05, 0) is 25.1 Å². The fraction of sp³-hybridized carbons (Fsp3) is 0.417. The standard InChI is InChI=1S/C12H17FN2O/c1-14-9-12(16)15(2)8-7-10-5-3-4-6-11(10)13/h3-6,14H,7-9H2,1-2H3. The van der Waals surface area contributed by atoms with Crippen LogP contribution >= 0.6 is 0 Å². The van der Waals surface area contributed by atoms with Gasteiger partial charge in [-0.2, -0.15) is 0 Å². The first-order chi connectivity index (χ1) is 7.65. The highest BCUT2D eigenvalue weighted by molar-refractivity contribution is 5.77. The molecule has 0 fully saturated rings. The van der Waals surface area contributed by atoms with Crippen molar-refractivity contribution in [1.29, 1.82) is 0 Å². The summed E-state index contributed by atoms with van der Waals surface area (Å²) >= 11 is 0. The smallest absolute Gasteiger partial charge is 0.236 e. The SMILES string of the molecule is CNCC(=O)N(C)CCc1ccccc1F. The highest BCUT2D eigenvalue weighted by atomic mass is 19.1. The van der Waals surface area contributed by atoms with Crippen LogP contribution in [0.25, 0.3) is 0 Å². The molecule has 1 amide bonds. The average molecular weight is 224 g/mol. The van der Waals surface area contributed by atoms with Crippen LogP contribution in [0.1, 0.15) is 5.56 Å². The van der Waals surface area contributed by atoms with E-state index in [0.29, 0.717) is 25.1 Å². The second-order valence-corrected chi connectivity index (χ2v) is 3.69. The van der Waals surface area contributed by atoms with E-state index in [1.807, 2.05) is 0 Å². The molecule has 1 aromatic carbocycles. The predicted molar refractivity (Wildman–Crippen MR) is 61.7 cm³/mol. The zero-order chi connectivity index (χ0) is 12.0. The lowest BCUT2D eigenvalue weighted by molar-refractivity contribution is -0.128. The molecule has 0 radical (unpaired) electrons. The van der Waals surface area contributed by atoms with Crippen LogP contribution in [-0.4, -0.2) is 38.0 Å². The molecule has 0 aliphatic carbocycles. The van der Waals surface area contributed by atoms with Gasteiger partial charge in [0.1, 0.15) is 5.82 Å². The van der Waals surface area contributed by atoms with Gasteiger partial charge in [-0.25, -0.2) is 4.39 Å². The van der Waals surface area contributed by atoms with Crippen molar-refractivity contribution < 1.29 is 9.18 Å². The predicted octanol–water partition coefficient (Wildman–Crippen LogP) is 1.05. The molecule has 4 heteroatoms. The van der Waals surface area contributed by atoms with E-state index in [0.717, 1.165) is 0 Å². The van der Waals surface area contributed by atoms with Gasteiger partial charge in [0.25, 0.3) is 0 Å². The molecule has 16 heavy (non-hydrogen) atoms. The summed E-state index contributed by atoms with van der Waals surface area (Å²) in [4.78, 5) is 13.0. The summed E-state index contributed by atoms with van der Waals surface area (Å²) in [5, 5.41) is 2.79. The Labute approximate surface area is 95.3 Å². The molecule has 3 nitrogen and oxygen atoms in total. The highest BCUT2D eigenvalue weighted by Crippen LogP contribution is 2.07. The van der Waals surface area contributed by atoms with Crippen molar-refractivity contribution in [1.82, 2.24) is 10.2 Å². The van der Waals surface area contributed by atoms with Crippen LogP contribution in [0.15, 0.2) is 24.3 Å². The molecule has 1 aromatic rings. The zero-order valence-corrected chi connectivity index (χ0v) is 9.66. The largest absolute Gasteiger partial charge is 0.344 e. The number of nitrogens with zero attached hydrogens (tertiary/aromatic N) is 1. The van der Waals surface area contributed by atoms with E-state index in [1.165, 1.54) is 6.07 Å². The fourth-order valence-electron chi connectivity index (χ4n) is 1.40. The second kappa shape index (κ2) is 6.23. The Hall–Kier alpha value is -1.42. The summed E-state index contributed by atoms with van der Waals surface area (Å²) in [6.07, 6.45) is 0.540. The van der Waals surface area contributed by atoms with Gasteiger partial charge < -0.3 is 10.2 Å². The molecule has 0 bridgehead atoms. The normalized spacial score (nSPS) is 10.2. The molecule has 1 N–H and O–H groups in total. The monoisotopic (exact) mass is 224 g/mol. The molecule has 88 valence electrons. The van der Waals surface area contributed by atoms with Crippen LogP contribution in [0.4, 0.5) is 4.39 Å². The van der Waals surface area contributed by atoms with E-state index >= 15 is 0 Å². The van der Waals surface area contributed by atoms with Crippen molar-refractivity contribution in [2.75, 3.05) is 27.2 Å². The Bertz CT molecular complexity index is 355. The van der Waals surface area contributed by atoms with Crippen LogP contribution in [0, 0.1) is 5.82 Å². The maximum Gasteiger partial charge on any atom is 0.236 e. The first kappa shape index (κ1) is 12.6. The summed E-state index contributed by atoms with van der Waals surface area (Å²) in [6.45, 7) is 0.842. The van der Waals surface area contributed by atoms with E-state index in [9.17, 15) is 9.18 Å². The summed E-state index contributed by atoms with van der Waals surface area (Å²) in [7, 11) is 3.45. The van der Waals surface area contributed by atoms with Crippen LogP contribution in [0.3, 0.4) is 0 Å². The lowest BCUT2D eigenvalue weighted by atomic mass is 10.1. The van der Waals surface area contributed by atoms with Crippen LogP contribution in [0.5, 0.6) is 0 Å². The zero-order valence-electron chi connectivity index (χ0n) is 9.66. The van der Waals surface area contributed by atoms with Crippen LogP contribution < -0.4 is 5.32 Å². The van der Waals surface area contributed by atoms with Crippen molar-refractivity contribution >= 4 is 5.91 Å². The Morgan fingerprint density at radius 3 is 2.75 bits per heavy atom. The van der Waals surface area contributed by atoms with Gasteiger partial charge in [-0.3, -0.25) is 4.79 Å². The van der Waals surface area contributed by atoms with Crippen LogP contribution in [-0.2, 0) is 11.2 Å². The van der Waals surface area contributed by atoms with E-state index in [4.69, 9.17) is 0 Å². The number of carbonyl (C=O) groups is 1. The summed E-state index contributed by atoms with van der Waals surface area (Å²) in [6, 6.07) is 6.64. The van der Waals surface area contributed by atoms with Gasteiger partial charge in [0.15, 0.2) is 0 Å². The molecule has 0 heterocycles. The fourth-order valence-corrected chi connectivity index (χ4v) is 1.40. The molecule has 0 aliphatic heterocycles. The van der Waals surface area contributed by atoms with Crippen molar-refractivity contribution in [3.05, 3.63) is 35.6 Å². The highest BCUT2D eigenvalue weighted by Gasteiger charge is 2.08. The summed E-state index contributed by atoms with van der Waals surface area (Å²) in [5.41, 5.74) is 0.645. The van der Waals surface area contributed by atoms with Crippen molar-refractivity contribution in [3.8, 4) is 0 Å². The molecule has 0 spiro atoms. The molecular weight excluding hydrogens is 207 g/mol. The van der Waals surface area contributed by atoms with E-state index in [1.54, 1.807) is 37.2 Å². The number of benzene rings is 1. The van der Waals surface area contributed by atoms with Gasteiger partial charge in [0.05, 0.1) is 6.54 Å². The lowest BCUT2D eigenvalue weighted by Crippen LogP contribution is -2.35. The molecule has 0 aromatic heterocycles. The molecule has 0 saturated heterocycles. The van der Waals surface area contributed by atoms with Gasteiger partial charge in [0, 0.05) is 13.6 Å². The second-order valence-electron chi connectivity index (χ2n) is 3.69. The van der Waals surface area contributed by atoms with Crippen molar-refractivity contribution in [2.24, 2.45) is 0 Å². The topological polar surface area (TPSA) is 32.3 Å². The Balaban J connectivity index is 2.46. The maximum absolute atomic E-state index is 13.3. The van der Waals surface area contributed by atoms with Crippen molar-refractivity contribution in [2.45, 2.75) is 6.42 Å². The number of amides is 1. The van der Waals surface area contributed by atoms with Crippen molar-refractivity contribution in [3.63, 3.8) is 0 Å². The Morgan fingerprint density at radius 2 is 2.12 bits per heavy atom.